The Morgan fingerprint density at radius 2 is 1.93 bits per heavy atom. The number of nitrogens with zero attached hydrogens (tertiary/aromatic N) is 2. The Morgan fingerprint density at radius 3 is 2.66 bits per heavy atom. The van der Waals surface area contributed by atoms with Crippen molar-refractivity contribution >= 4 is 11.6 Å². The molecule has 0 aliphatic heterocycles. The van der Waals surface area contributed by atoms with Gasteiger partial charge in [-0.1, -0.05) is 35.9 Å². The average Bonchev–Trinajstić information content (AvgIpc) is 3.04. The number of nitrogens with one attached hydrogen (secondary N) is 1. The van der Waals surface area contributed by atoms with E-state index >= 15 is 0 Å². The van der Waals surface area contributed by atoms with Crippen molar-refractivity contribution in [2.24, 2.45) is 0 Å². The van der Waals surface area contributed by atoms with E-state index in [1.54, 1.807) is 11.8 Å². The van der Waals surface area contributed by atoms with Gasteiger partial charge in [-0.25, -0.2) is 4.68 Å². The van der Waals surface area contributed by atoms with Gasteiger partial charge < -0.3 is 19.9 Å². The van der Waals surface area contributed by atoms with E-state index in [0.717, 1.165) is 35.5 Å². The minimum atomic E-state index is 0.186. The number of para-hydroxylation sites is 1. The van der Waals surface area contributed by atoms with Crippen LogP contribution in [0.2, 0.25) is 5.15 Å². The molecule has 0 aliphatic rings. The van der Waals surface area contributed by atoms with Gasteiger partial charge in [0.15, 0.2) is 11.5 Å². The lowest BCUT2D eigenvalue weighted by molar-refractivity contribution is 0.283. The molecule has 0 bridgehead atoms. The highest BCUT2D eigenvalue weighted by molar-refractivity contribution is 6.30. The maximum absolute atomic E-state index is 8.85. The number of rotatable bonds is 10. The number of methoxy groups -OCH3 is 1. The van der Waals surface area contributed by atoms with Crippen LogP contribution in [0.3, 0.4) is 0 Å². The van der Waals surface area contributed by atoms with E-state index < -0.39 is 0 Å². The van der Waals surface area contributed by atoms with Gasteiger partial charge in [0.05, 0.1) is 18.5 Å². The Balaban J connectivity index is 1.70. The molecule has 0 amide bonds. The third-order valence-corrected chi connectivity index (χ3v) is 4.95. The van der Waals surface area contributed by atoms with E-state index in [-0.39, 0.29) is 6.61 Å². The molecule has 1 aromatic heterocycles. The molecular formula is C22H26ClN3O3. The van der Waals surface area contributed by atoms with Crippen LogP contribution in [0, 0.1) is 6.92 Å². The summed E-state index contributed by atoms with van der Waals surface area (Å²) >= 11 is 6.58. The summed E-state index contributed by atoms with van der Waals surface area (Å²) in [4.78, 5) is 0. The molecule has 0 atom stereocenters. The van der Waals surface area contributed by atoms with Gasteiger partial charge >= 0.3 is 0 Å². The molecule has 29 heavy (non-hydrogen) atoms. The zero-order valence-corrected chi connectivity index (χ0v) is 17.4. The molecular weight excluding hydrogens is 390 g/mol. The summed E-state index contributed by atoms with van der Waals surface area (Å²) in [5.41, 5.74) is 3.65. The van der Waals surface area contributed by atoms with Crippen molar-refractivity contribution in [3.63, 3.8) is 0 Å². The van der Waals surface area contributed by atoms with Gasteiger partial charge in [0, 0.05) is 18.7 Å². The molecule has 0 radical (unpaired) electrons. The highest BCUT2D eigenvalue weighted by Crippen LogP contribution is 2.31. The van der Waals surface area contributed by atoms with Crippen LogP contribution in [-0.2, 0) is 13.2 Å². The number of aliphatic hydroxyl groups is 1. The van der Waals surface area contributed by atoms with Crippen molar-refractivity contribution in [3.8, 4) is 17.2 Å². The van der Waals surface area contributed by atoms with Crippen LogP contribution in [-0.4, -0.2) is 35.1 Å². The predicted molar refractivity (Wildman–Crippen MR) is 114 cm³/mol. The van der Waals surface area contributed by atoms with Crippen molar-refractivity contribution in [1.82, 2.24) is 15.1 Å². The standard InChI is InChI=1S/C22H26ClN3O3/c1-16-19(22(23)26(25-16)18-7-4-3-5-8-18)15-29-20-10-9-17(13-21(20)28-2)14-24-11-6-12-27/h3-5,7-10,13,24,27H,6,11-12,14-15H2,1-2H3. The summed E-state index contributed by atoms with van der Waals surface area (Å²) in [7, 11) is 1.62. The molecule has 1 heterocycles. The largest absolute Gasteiger partial charge is 0.493 e. The lowest BCUT2D eigenvalue weighted by Gasteiger charge is -2.13. The molecule has 0 saturated carbocycles. The summed E-state index contributed by atoms with van der Waals surface area (Å²) in [6.07, 6.45) is 0.731. The second-order valence-electron chi connectivity index (χ2n) is 6.63. The third-order valence-electron chi connectivity index (χ3n) is 4.56. The number of aromatic nitrogens is 2. The number of hydrogen-bond donors (Lipinski definition) is 2. The maximum atomic E-state index is 8.85. The van der Waals surface area contributed by atoms with Crippen molar-refractivity contribution in [3.05, 3.63) is 70.5 Å². The summed E-state index contributed by atoms with van der Waals surface area (Å²) < 4.78 is 13.2. The molecule has 0 unspecified atom stereocenters. The zero-order valence-electron chi connectivity index (χ0n) is 16.7. The van der Waals surface area contributed by atoms with Gasteiger partial charge in [0.1, 0.15) is 11.8 Å². The fourth-order valence-electron chi connectivity index (χ4n) is 2.96. The molecule has 7 heteroatoms. The van der Waals surface area contributed by atoms with E-state index in [9.17, 15) is 0 Å². The molecule has 2 N–H and O–H groups in total. The number of benzene rings is 2. The van der Waals surface area contributed by atoms with E-state index in [1.165, 1.54) is 0 Å². The lowest BCUT2D eigenvalue weighted by Crippen LogP contribution is -2.15. The van der Waals surface area contributed by atoms with Crippen LogP contribution in [0.25, 0.3) is 5.69 Å². The van der Waals surface area contributed by atoms with Crippen molar-refractivity contribution in [1.29, 1.82) is 0 Å². The van der Waals surface area contributed by atoms with E-state index in [2.05, 4.69) is 10.4 Å². The third kappa shape index (κ3) is 5.29. The van der Waals surface area contributed by atoms with Crippen molar-refractivity contribution in [2.75, 3.05) is 20.3 Å². The lowest BCUT2D eigenvalue weighted by atomic mass is 10.2. The molecule has 0 spiro atoms. The van der Waals surface area contributed by atoms with Gasteiger partial charge in [0.2, 0.25) is 0 Å². The predicted octanol–water partition coefficient (Wildman–Crippen LogP) is 3.89. The first-order valence-corrected chi connectivity index (χ1v) is 9.92. The van der Waals surface area contributed by atoms with Crippen LogP contribution in [0.5, 0.6) is 11.5 Å². The first-order valence-electron chi connectivity index (χ1n) is 9.54. The number of halogens is 1. The summed E-state index contributed by atoms with van der Waals surface area (Å²) in [5, 5.41) is 17.2. The van der Waals surface area contributed by atoms with Gasteiger partial charge in [-0.05, 0) is 49.7 Å². The number of aryl methyl sites for hydroxylation is 1. The monoisotopic (exact) mass is 415 g/mol. The minimum Gasteiger partial charge on any atom is -0.493 e. The Hall–Kier alpha value is -2.54. The summed E-state index contributed by atoms with van der Waals surface area (Å²) in [6, 6.07) is 15.6. The van der Waals surface area contributed by atoms with Gasteiger partial charge in [-0.15, -0.1) is 0 Å². The molecule has 0 saturated heterocycles. The topological polar surface area (TPSA) is 68.5 Å². The Kier molecular flexibility index (Phi) is 7.52. The first kappa shape index (κ1) is 21.2. The smallest absolute Gasteiger partial charge is 0.161 e. The SMILES string of the molecule is COc1cc(CNCCCO)ccc1OCc1c(C)nn(-c2ccccc2)c1Cl. The summed E-state index contributed by atoms with van der Waals surface area (Å²) in [5.74, 6) is 1.31. The van der Waals surface area contributed by atoms with Gasteiger partial charge in [0.25, 0.3) is 0 Å². The molecule has 2 aromatic carbocycles. The zero-order chi connectivity index (χ0) is 20.6. The quantitative estimate of drug-likeness (QED) is 0.491. The molecule has 3 rings (SSSR count). The highest BCUT2D eigenvalue weighted by atomic mass is 35.5. The minimum absolute atomic E-state index is 0.186. The fraction of sp³-hybridized carbons (Fsp3) is 0.318. The van der Waals surface area contributed by atoms with Crippen LogP contribution >= 0.6 is 11.6 Å². The highest BCUT2D eigenvalue weighted by Gasteiger charge is 2.16. The van der Waals surface area contributed by atoms with Crippen LogP contribution in [0.15, 0.2) is 48.5 Å². The summed E-state index contributed by atoms with van der Waals surface area (Å²) in [6.45, 7) is 3.86. The Labute approximate surface area is 176 Å². The Morgan fingerprint density at radius 1 is 1.14 bits per heavy atom. The van der Waals surface area contributed by atoms with Gasteiger partial charge in [-0.3, -0.25) is 0 Å². The fourth-order valence-corrected chi connectivity index (χ4v) is 3.29. The van der Waals surface area contributed by atoms with E-state index in [1.807, 2.05) is 55.5 Å². The molecule has 0 fully saturated rings. The maximum Gasteiger partial charge on any atom is 0.161 e. The first-order chi connectivity index (χ1) is 14.1. The second kappa shape index (κ2) is 10.3. The molecule has 154 valence electrons. The number of ether oxygens (including phenoxy) is 2. The van der Waals surface area contributed by atoms with Crippen LogP contribution in [0.4, 0.5) is 0 Å². The van der Waals surface area contributed by atoms with Crippen LogP contribution in [0.1, 0.15) is 23.2 Å². The Bertz CT molecular complexity index is 929. The van der Waals surface area contributed by atoms with E-state index in [4.69, 9.17) is 26.2 Å². The van der Waals surface area contributed by atoms with E-state index in [0.29, 0.717) is 29.8 Å². The number of hydrogen-bond acceptors (Lipinski definition) is 5. The van der Waals surface area contributed by atoms with Crippen LogP contribution < -0.4 is 14.8 Å². The molecule has 3 aromatic rings. The number of aliphatic hydroxyl groups excluding tert-OH is 1. The van der Waals surface area contributed by atoms with Gasteiger partial charge in [-0.2, -0.15) is 5.10 Å². The normalized spacial score (nSPS) is 10.9. The average molecular weight is 416 g/mol. The molecule has 0 aliphatic carbocycles. The molecule has 6 nitrogen and oxygen atoms in total. The van der Waals surface area contributed by atoms with Crippen molar-refractivity contribution < 1.29 is 14.6 Å². The van der Waals surface area contributed by atoms with Crippen molar-refractivity contribution in [2.45, 2.75) is 26.5 Å². The second-order valence-corrected chi connectivity index (χ2v) is 6.99.